The number of piperidine rings is 1. The molecule has 1 aromatic carbocycles. The first-order chi connectivity index (χ1) is 9.24. The lowest BCUT2D eigenvalue weighted by Gasteiger charge is -2.35. The third-order valence-electron chi connectivity index (χ3n) is 3.43. The fraction of sp³-hybridized carbons (Fsp3) is 0.533. The SMILES string of the molecule is CCCOC1CCCN(c2ccc(C#N)cc2N)C1. The van der Waals surface area contributed by atoms with Crippen molar-refractivity contribution in [1.82, 2.24) is 0 Å². The number of nitriles is 1. The Bertz CT molecular complexity index is 467. The normalized spacial score (nSPS) is 19.2. The molecule has 19 heavy (non-hydrogen) atoms. The lowest BCUT2D eigenvalue weighted by atomic mass is 10.1. The van der Waals surface area contributed by atoms with Gasteiger partial charge in [-0.15, -0.1) is 0 Å². The molecule has 0 bridgehead atoms. The minimum absolute atomic E-state index is 0.295. The first-order valence-electron chi connectivity index (χ1n) is 6.90. The number of rotatable bonds is 4. The molecular formula is C15H21N3O. The molecule has 102 valence electrons. The van der Waals surface area contributed by atoms with Crippen molar-refractivity contribution in [3.05, 3.63) is 23.8 Å². The van der Waals surface area contributed by atoms with Crippen LogP contribution in [-0.4, -0.2) is 25.8 Å². The zero-order valence-corrected chi connectivity index (χ0v) is 11.4. The fourth-order valence-electron chi connectivity index (χ4n) is 2.49. The highest BCUT2D eigenvalue weighted by molar-refractivity contribution is 5.69. The Labute approximate surface area is 114 Å². The van der Waals surface area contributed by atoms with Crippen LogP contribution in [-0.2, 0) is 4.74 Å². The van der Waals surface area contributed by atoms with Crippen LogP contribution in [0.5, 0.6) is 0 Å². The standard InChI is InChI=1S/C15H21N3O/c1-2-8-19-13-4-3-7-18(11-13)15-6-5-12(10-16)9-14(15)17/h5-6,9,13H,2-4,7-8,11,17H2,1H3. The smallest absolute Gasteiger partial charge is 0.0992 e. The van der Waals surface area contributed by atoms with Crippen molar-refractivity contribution in [1.29, 1.82) is 5.26 Å². The van der Waals surface area contributed by atoms with Gasteiger partial charge >= 0.3 is 0 Å². The minimum Gasteiger partial charge on any atom is -0.397 e. The second-order valence-electron chi connectivity index (χ2n) is 4.97. The van der Waals surface area contributed by atoms with Crippen molar-refractivity contribution in [2.75, 3.05) is 30.3 Å². The molecule has 0 aliphatic carbocycles. The second-order valence-corrected chi connectivity index (χ2v) is 4.97. The van der Waals surface area contributed by atoms with Crippen molar-refractivity contribution >= 4 is 11.4 Å². The summed E-state index contributed by atoms with van der Waals surface area (Å²) in [6, 6.07) is 7.62. The largest absolute Gasteiger partial charge is 0.397 e. The Kier molecular flexibility index (Phi) is 4.64. The Morgan fingerprint density at radius 2 is 2.37 bits per heavy atom. The van der Waals surface area contributed by atoms with E-state index in [9.17, 15) is 0 Å². The van der Waals surface area contributed by atoms with Crippen molar-refractivity contribution in [3.8, 4) is 6.07 Å². The molecule has 1 saturated heterocycles. The molecule has 1 aliphatic heterocycles. The second kappa shape index (κ2) is 6.44. The summed E-state index contributed by atoms with van der Waals surface area (Å²) in [6.07, 6.45) is 3.58. The van der Waals surface area contributed by atoms with Gasteiger partial charge in [0.2, 0.25) is 0 Å². The van der Waals surface area contributed by atoms with E-state index in [-0.39, 0.29) is 0 Å². The average molecular weight is 259 g/mol. The summed E-state index contributed by atoms with van der Waals surface area (Å²) in [5.74, 6) is 0. The molecule has 2 rings (SSSR count). The highest BCUT2D eigenvalue weighted by Gasteiger charge is 2.21. The molecule has 1 heterocycles. The molecule has 0 radical (unpaired) electrons. The lowest BCUT2D eigenvalue weighted by Crippen LogP contribution is -2.40. The highest BCUT2D eigenvalue weighted by atomic mass is 16.5. The summed E-state index contributed by atoms with van der Waals surface area (Å²) >= 11 is 0. The maximum absolute atomic E-state index is 8.86. The van der Waals surface area contributed by atoms with E-state index in [1.165, 1.54) is 0 Å². The van der Waals surface area contributed by atoms with E-state index in [1.54, 1.807) is 6.07 Å². The van der Waals surface area contributed by atoms with Gasteiger partial charge in [-0.2, -0.15) is 5.26 Å². The molecule has 1 aliphatic rings. The molecule has 1 aromatic rings. The maximum Gasteiger partial charge on any atom is 0.0992 e. The Morgan fingerprint density at radius 1 is 1.53 bits per heavy atom. The summed E-state index contributed by atoms with van der Waals surface area (Å²) in [5, 5.41) is 8.86. The number of nitrogens with zero attached hydrogens (tertiary/aromatic N) is 2. The number of benzene rings is 1. The van der Waals surface area contributed by atoms with Gasteiger partial charge in [-0.3, -0.25) is 0 Å². The minimum atomic E-state index is 0.295. The third kappa shape index (κ3) is 3.39. The topological polar surface area (TPSA) is 62.3 Å². The summed E-state index contributed by atoms with van der Waals surface area (Å²) in [7, 11) is 0. The van der Waals surface area contributed by atoms with Crippen LogP contribution in [0, 0.1) is 11.3 Å². The van der Waals surface area contributed by atoms with Gasteiger partial charge in [-0.25, -0.2) is 0 Å². The van der Waals surface area contributed by atoms with Gasteiger partial charge < -0.3 is 15.4 Å². The van der Waals surface area contributed by atoms with Gasteiger partial charge in [0.1, 0.15) is 0 Å². The van der Waals surface area contributed by atoms with Crippen molar-refractivity contribution < 1.29 is 4.74 Å². The number of anilines is 2. The number of hydrogen-bond acceptors (Lipinski definition) is 4. The van der Waals surface area contributed by atoms with Crippen molar-refractivity contribution in [2.45, 2.75) is 32.3 Å². The molecule has 4 nitrogen and oxygen atoms in total. The number of nitrogen functional groups attached to an aromatic ring is 1. The number of ether oxygens (including phenoxy) is 1. The maximum atomic E-state index is 8.86. The van der Waals surface area contributed by atoms with Crippen molar-refractivity contribution in [3.63, 3.8) is 0 Å². The van der Waals surface area contributed by atoms with Crippen LogP contribution < -0.4 is 10.6 Å². The monoisotopic (exact) mass is 259 g/mol. The van der Waals surface area contributed by atoms with Crippen molar-refractivity contribution in [2.24, 2.45) is 0 Å². The van der Waals surface area contributed by atoms with E-state index < -0.39 is 0 Å². The predicted octanol–water partition coefficient (Wildman–Crippen LogP) is 2.54. The Hall–Kier alpha value is -1.73. The van der Waals surface area contributed by atoms with E-state index in [0.717, 1.165) is 44.6 Å². The van der Waals surface area contributed by atoms with Gasteiger partial charge in [0.15, 0.2) is 0 Å². The highest BCUT2D eigenvalue weighted by Crippen LogP contribution is 2.27. The summed E-state index contributed by atoms with van der Waals surface area (Å²) in [4.78, 5) is 2.26. The first-order valence-corrected chi connectivity index (χ1v) is 6.90. The summed E-state index contributed by atoms with van der Waals surface area (Å²) in [5.41, 5.74) is 8.34. The van der Waals surface area contributed by atoms with Crippen LogP contribution >= 0.6 is 0 Å². The zero-order valence-electron chi connectivity index (χ0n) is 11.4. The van der Waals surface area contributed by atoms with Crippen LogP contribution in [0.2, 0.25) is 0 Å². The molecular weight excluding hydrogens is 238 g/mol. The van der Waals surface area contributed by atoms with Crippen LogP contribution in [0.15, 0.2) is 18.2 Å². The fourth-order valence-corrected chi connectivity index (χ4v) is 2.49. The Morgan fingerprint density at radius 3 is 3.05 bits per heavy atom. The van der Waals surface area contributed by atoms with Gasteiger partial charge in [0.05, 0.1) is 29.1 Å². The molecule has 0 aromatic heterocycles. The predicted molar refractivity (Wildman–Crippen MR) is 77.0 cm³/mol. The molecule has 1 unspecified atom stereocenters. The van der Waals surface area contributed by atoms with Gasteiger partial charge in [0.25, 0.3) is 0 Å². The molecule has 0 amide bonds. The molecule has 0 saturated carbocycles. The van der Waals surface area contributed by atoms with Gasteiger partial charge in [-0.05, 0) is 37.5 Å². The van der Waals surface area contributed by atoms with Crippen LogP contribution in [0.1, 0.15) is 31.7 Å². The van der Waals surface area contributed by atoms with Crippen LogP contribution in [0.25, 0.3) is 0 Å². The number of nitrogens with two attached hydrogens (primary N) is 1. The summed E-state index contributed by atoms with van der Waals surface area (Å²) < 4.78 is 5.83. The summed E-state index contributed by atoms with van der Waals surface area (Å²) in [6.45, 7) is 4.83. The lowest BCUT2D eigenvalue weighted by molar-refractivity contribution is 0.0441. The Balaban J connectivity index is 2.07. The van der Waals surface area contributed by atoms with E-state index in [4.69, 9.17) is 15.7 Å². The van der Waals surface area contributed by atoms with Gasteiger partial charge in [0, 0.05) is 19.7 Å². The molecule has 1 fully saturated rings. The number of hydrogen-bond donors (Lipinski definition) is 1. The zero-order chi connectivity index (χ0) is 13.7. The molecule has 0 spiro atoms. The van der Waals surface area contributed by atoms with E-state index in [0.29, 0.717) is 17.4 Å². The molecule has 2 N–H and O–H groups in total. The average Bonchev–Trinajstić information content (AvgIpc) is 2.45. The quantitative estimate of drug-likeness (QED) is 0.844. The van der Waals surface area contributed by atoms with Gasteiger partial charge in [-0.1, -0.05) is 6.92 Å². The van der Waals surface area contributed by atoms with E-state index >= 15 is 0 Å². The van der Waals surface area contributed by atoms with Crippen LogP contribution in [0.4, 0.5) is 11.4 Å². The van der Waals surface area contributed by atoms with E-state index in [1.807, 2.05) is 12.1 Å². The molecule has 1 atom stereocenters. The van der Waals surface area contributed by atoms with E-state index in [2.05, 4.69) is 17.9 Å². The molecule has 4 heteroatoms. The third-order valence-corrected chi connectivity index (χ3v) is 3.43. The van der Waals surface area contributed by atoms with Crippen LogP contribution in [0.3, 0.4) is 0 Å². The first kappa shape index (κ1) is 13.7.